The molecule has 0 spiro atoms. The van der Waals surface area contributed by atoms with E-state index in [-0.39, 0.29) is 17.9 Å². The number of carbonyl (C=O) groups excluding carboxylic acids is 2. The van der Waals surface area contributed by atoms with Crippen molar-refractivity contribution in [3.8, 4) is 0 Å². The van der Waals surface area contributed by atoms with E-state index in [0.29, 0.717) is 17.7 Å². The molecule has 20 heavy (non-hydrogen) atoms. The van der Waals surface area contributed by atoms with E-state index >= 15 is 0 Å². The van der Waals surface area contributed by atoms with Crippen LogP contribution in [0.15, 0.2) is 12.1 Å². The lowest BCUT2D eigenvalue weighted by molar-refractivity contribution is -0.138. The average Bonchev–Trinajstić information content (AvgIpc) is 2.37. The van der Waals surface area contributed by atoms with E-state index in [2.05, 4.69) is 10.6 Å². The van der Waals surface area contributed by atoms with Gasteiger partial charge in [-0.1, -0.05) is 0 Å². The third kappa shape index (κ3) is 2.76. The maximum atomic E-state index is 13.8. The molecule has 7 heteroatoms. The van der Waals surface area contributed by atoms with Gasteiger partial charge in [-0.2, -0.15) is 0 Å². The molecule has 0 saturated carbocycles. The lowest BCUT2D eigenvalue weighted by atomic mass is 9.99. The highest BCUT2D eigenvalue weighted by Crippen LogP contribution is 2.25. The molecule has 0 radical (unpaired) electrons. The smallest absolute Gasteiger partial charge is 0.325 e. The number of halogens is 1. The van der Waals surface area contributed by atoms with Gasteiger partial charge in [0.2, 0.25) is 5.91 Å². The molecule has 1 atom stereocenters. The second-order valence-corrected chi connectivity index (χ2v) is 4.57. The molecule has 0 aliphatic carbocycles. The van der Waals surface area contributed by atoms with Gasteiger partial charge in [-0.15, -0.1) is 0 Å². The number of anilines is 1. The first-order valence-electron chi connectivity index (χ1n) is 6.04. The number of hydrogen-bond acceptors (Lipinski definition) is 3. The molecule has 3 N–H and O–H groups in total. The number of carboxylic acid groups (broad SMARTS) is 1. The molecular weight excluding hydrogens is 267 g/mol. The summed E-state index contributed by atoms with van der Waals surface area (Å²) in [4.78, 5) is 33.7. The van der Waals surface area contributed by atoms with Gasteiger partial charge in [0.15, 0.2) is 0 Å². The minimum Gasteiger partial charge on any atom is -0.480 e. The normalized spacial score (nSPS) is 15.0. The monoisotopic (exact) mass is 280 g/mol. The fraction of sp³-hybridized carbons (Fsp3) is 0.308. The maximum Gasteiger partial charge on any atom is 0.325 e. The fourth-order valence-corrected chi connectivity index (χ4v) is 1.91. The summed E-state index contributed by atoms with van der Waals surface area (Å²) in [6.45, 7) is 1.29. The Hall–Kier alpha value is -2.44. The SMILES string of the molecule is C[C@@H](NC(=O)c1cc2c(cc1F)NC(=O)CC2)C(=O)O. The zero-order valence-corrected chi connectivity index (χ0v) is 10.7. The Morgan fingerprint density at radius 2 is 2.10 bits per heavy atom. The number of amides is 2. The van der Waals surface area contributed by atoms with Gasteiger partial charge in [0, 0.05) is 12.1 Å². The van der Waals surface area contributed by atoms with Gasteiger partial charge in [0.25, 0.3) is 5.91 Å². The van der Waals surface area contributed by atoms with Crippen molar-refractivity contribution >= 4 is 23.5 Å². The highest BCUT2D eigenvalue weighted by molar-refractivity contribution is 5.99. The molecule has 0 bridgehead atoms. The number of carboxylic acids is 1. The molecule has 1 aromatic carbocycles. The summed E-state index contributed by atoms with van der Waals surface area (Å²) in [5, 5.41) is 13.4. The topological polar surface area (TPSA) is 95.5 Å². The van der Waals surface area contributed by atoms with Crippen molar-refractivity contribution in [3.05, 3.63) is 29.1 Å². The second-order valence-electron chi connectivity index (χ2n) is 4.57. The van der Waals surface area contributed by atoms with Gasteiger partial charge in [0.05, 0.1) is 5.56 Å². The molecule has 2 amide bonds. The van der Waals surface area contributed by atoms with E-state index in [1.807, 2.05) is 0 Å². The summed E-state index contributed by atoms with van der Waals surface area (Å²) in [7, 11) is 0. The number of aliphatic carboxylic acids is 1. The Morgan fingerprint density at radius 3 is 2.75 bits per heavy atom. The minimum atomic E-state index is -1.20. The first-order chi connectivity index (χ1) is 9.38. The summed E-state index contributed by atoms with van der Waals surface area (Å²) in [6.07, 6.45) is 0.682. The summed E-state index contributed by atoms with van der Waals surface area (Å²) in [5.41, 5.74) is 0.772. The quantitative estimate of drug-likeness (QED) is 0.767. The first-order valence-corrected chi connectivity index (χ1v) is 6.04. The van der Waals surface area contributed by atoms with Crippen molar-refractivity contribution in [1.29, 1.82) is 0 Å². The molecule has 106 valence electrons. The van der Waals surface area contributed by atoms with E-state index in [9.17, 15) is 18.8 Å². The lowest BCUT2D eigenvalue weighted by Gasteiger charge is -2.18. The lowest BCUT2D eigenvalue weighted by Crippen LogP contribution is -2.38. The molecule has 6 nitrogen and oxygen atoms in total. The fourth-order valence-electron chi connectivity index (χ4n) is 1.91. The maximum absolute atomic E-state index is 13.8. The molecule has 0 aromatic heterocycles. The number of nitrogens with one attached hydrogen (secondary N) is 2. The highest BCUT2D eigenvalue weighted by atomic mass is 19.1. The van der Waals surface area contributed by atoms with Crippen LogP contribution in [-0.2, 0) is 16.0 Å². The van der Waals surface area contributed by atoms with Crippen molar-refractivity contribution < 1.29 is 23.9 Å². The van der Waals surface area contributed by atoms with Crippen LogP contribution in [0.1, 0.15) is 29.3 Å². The number of carbonyl (C=O) groups is 3. The number of fused-ring (bicyclic) bond motifs is 1. The van der Waals surface area contributed by atoms with Gasteiger partial charge in [-0.25, -0.2) is 4.39 Å². The summed E-state index contributed by atoms with van der Waals surface area (Å²) >= 11 is 0. The van der Waals surface area contributed by atoms with E-state index in [1.54, 1.807) is 0 Å². The van der Waals surface area contributed by atoms with Gasteiger partial charge in [-0.05, 0) is 31.0 Å². The van der Waals surface area contributed by atoms with Gasteiger partial charge < -0.3 is 15.7 Å². The van der Waals surface area contributed by atoms with E-state index < -0.39 is 23.7 Å². The predicted molar refractivity (Wildman–Crippen MR) is 67.9 cm³/mol. The van der Waals surface area contributed by atoms with Crippen molar-refractivity contribution in [2.75, 3.05) is 5.32 Å². The van der Waals surface area contributed by atoms with Crippen molar-refractivity contribution in [3.63, 3.8) is 0 Å². The largest absolute Gasteiger partial charge is 0.480 e. The Balaban J connectivity index is 2.27. The molecule has 0 saturated heterocycles. The zero-order valence-electron chi connectivity index (χ0n) is 10.7. The molecule has 0 unspecified atom stereocenters. The average molecular weight is 280 g/mol. The number of aryl methyl sites for hydroxylation is 1. The van der Waals surface area contributed by atoms with Crippen LogP contribution in [0.5, 0.6) is 0 Å². The molecular formula is C13H13FN2O4. The van der Waals surface area contributed by atoms with Crippen LogP contribution in [0, 0.1) is 5.82 Å². The Bertz CT molecular complexity index is 600. The molecule has 1 aromatic rings. The molecule has 1 aliphatic rings. The number of benzene rings is 1. The van der Waals surface area contributed by atoms with Gasteiger partial charge >= 0.3 is 5.97 Å². The standard InChI is InChI=1S/C13H13FN2O4/c1-6(13(19)20)15-12(18)8-4-7-2-3-11(17)16-10(7)5-9(8)14/h4-6H,2-3H2,1H3,(H,15,18)(H,16,17)(H,19,20)/t6-/m1/s1. The van der Waals surface area contributed by atoms with Crippen LogP contribution in [0.4, 0.5) is 10.1 Å². The molecule has 2 rings (SSSR count). The Kier molecular flexibility index (Phi) is 3.69. The number of rotatable bonds is 3. The number of hydrogen-bond donors (Lipinski definition) is 3. The van der Waals surface area contributed by atoms with Crippen LogP contribution in [0.25, 0.3) is 0 Å². The molecule has 0 fully saturated rings. The summed E-state index contributed by atoms with van der Waals surface area (Å²) in [6, 6.07) is 1.30. The minimum absolute atomic E-state index is 0.200. The van der Waals surface area contributed by atoms with Crippen LogP contribution in [0.3, 0.4) is 0 Å². The predicted octanol–water partition coefficient (Wildman–Crippen LogP) is 0.913. The Morgan fingerprint density at radius 1 is 1.40 bits per heavy atom. The van der Waals surface area contributed by atoms with E-state index in [4.69, 9.17) is 5.11 Å². The third-order valence-corrected chi connectivity index (χ3v) is 3.05. The van der Waals surface area contributed by atoms with Gasteiger partial charge in [-0.3, -0.25) is 14.4 Å². The van der Waals surface area contributed by atoms with E-state index in [1.165, 1.54) is 13.0 Å². The van der Waals surface area contributed by atoms with Crippen LogP contribution >= 0.6 is 0 Å². The van der Waals surface area contributed by atoms with E-state index in [0.717, 1.165) is 6.07 Å². The van der Waals surface area contributed by atoms with Gasteiger partial charge in [0.1, 0.15) is 11.9 Å². The zero-order chi connectivity index (χ0) is 14.9. The third-order valence-electron chi connectivity index (χ3n) is 3.05. The Labute approximate surface area is 114 Å². The van der Waals surface area contributed by atoms with Crippen molar-refractivity contribution in [2.24, 2.45) is 0 Å². The van der Waals surface area contributed by atoms with Crippen molar-refractivity contribution in [1.82, 2.24) is 5.32 Å². The molecule has 1 heterocycles. The second kappa shape index (κ2) is 5.28. The van der Waals surface area contributed by atoms with Crippen molar-refractivity contribution in [2.45, 2.75) is 25.8 Å². The summed E-state index contributed by atoms with van der Waals surface area (Å²) in [5.74, 6) is -3.00. The highest BCUT2D eigenvalue weighted by Gasteiger charge is 2.22. The molecule has 1 aliphatic heterocycles. The van der Waals surface area contributed by atoms with Crippen LogP contribution in [0.2, 0.25) is 0 Å². The van der Waals surface area contributed by atoms with Crippen LogP contribution in [-0.4, -0.2) is 28.9 Å². The summed E-state index contributed by atoms with van der Waals surface area (Å²) < 4.78 is 13.8. The van der Waals surface area contributed by atoms with Crippen LogP contribution < -0.4 is 10.6 Å². The first kappa shape index (κ1) is 14.0.